The predicted octanol–water partition coefficient (Wildman–Crippen LogP) is 4.20. The minimum absolute atomic E-state index is 0.731. The third kappa shape index (κ3) is 4.32. The average molecular weight is 431 g/mol. The summed E-state index contributed by atoms with van der Waals surface area (Å²) < 4.78 is 15.1. The molecule has 6 nitrogen and oxygen atoms in total. The second kappa shape index (κ2) is 8.98. The topological polar surface area (TPSA) is 50.7 Å². The van der Waals surface area contributed by atoms with Gasteiger partial charge in [-0.2, -0.15) is 0 Å². The van der Waals surface area contributed by atoms with Crippen LogP contribution in [0.4, 0.5) is 5.69 Å². The van der Waals surface area contributed by atoms with Gasteiger partial charge in [0.15, 0.2) is 0 Å². The quantitative estimate of drug-likeness (QED) is 0.584. The SMILES string of the molecule is COc1ccc(OC)c(N2CCN(Cc3nnsc3-c3ccccc3Cl)CC2)c1. The van der Waals surface area contributed by atoms with Crippen LogP contribution in [0.3, 0.4) is 0 Å². The van der Waals surface area contributed by atoms with Gasteiger partial charge in [0.1, 0.15) is 11.5 Å². The highest BCUT2D eigenvalue weighted by Gasteiger charge is 2.23. The van der Waals surface area contributed by atoms with Crippen molar-refractivity contribution in [2.45, 2.75) is 6.54 Å². The lowest BCUT2D eigenvalue weighted by Gasteiger charge is -2.36. The Morgan fingerprint density at radius 3 is 2.55 bits per heavy atom. The molecule has 0 bridgehead atoms. The summed E-state index contributed by atoms with van der Waals surface area (Å²) in [6.07, 6.45) is 0. The van der Waals surface area contributed by atoms with Crippen LogP contribution >= 0.6 is 23.1 Å². The molecule has 1 saturated heterocycles. The summed E-state index contributed by atoms with van der Waals surface area (Å²) in [6, 6.07) is 13.8. The van der Waals surface area contributed by atoms with Crippen LogP contribution < -0.4 is 14.4 Å². The summed E-state index contributed by atoms with van der Waals surface area (Å²) in [5.41, 5.74) is 3.05. The van der Waals surface area contributed by atoms with E-state index < -0.39 is 0 Å². The van der Waals surface area contributed by atoms with E-state index in [0.717, 1.165) is 71.1 Å². The van der Waals surface area contributed by atoms with Crippen molar-refractivity contribution in [1.29, 1.82) is 0 Å². The van der Waals surface area contributed by atoms with Gasteiger partial charge >= 0.3 is 0 Å². The Morgan fingerprint density at radius 2 is 1.83 bits per heavy atom. The normalized spacial score (nSPS) is 14.8. The van der Waals surface area contributed by atoms with Gasteiger partial charge in [0.2, 0.25) is 0 Å². The Morgan fingerprint density at radius 1 is 1.03 bits per heavy atom. The maximum atomic E-state index is 6.38. The maximum absolute atomic E-state index is 6.38. The molecule has 0 unspecified atom stereocenters. The molecule has 4 rings (SSSR count). The van der Waals surface area contributed by atoms with Gasteiger partial charge in [-0.25, -0.2) is 0 Å². The standard InChI is InChI=1S/C21H23ClN4O2S/c1-27-15-7-8-20(28-2)19(13-15)26-11-9-25(10-12-26)14-18-21(29-24-23-18)16-5-3-4-6-17(16)22/h3-8,13H,9-12,14H2,1-2H3. The molecular weight excluding hydrogens is 408 g/mol. The zero-order valence-electron chi connectivity index (χ0n) is 16.5. The Kier molecular flexibility index (Phi) is 6.18. The Balaban J connectivity index is 1.45. The van der Waals surface area contributed by atoms with Gasteiger partial charge in [0.05, 0.1) is 30.5 Å². The number of methoxy groups -OCH3 is 2. The van der Waals surface area contributed by atoms with Gasteiger partial charge < -0.3 is 14.4 Å². The van der Waals surface area contributed by atoms with Gasteiger partial charge in [0, 0.05) is 49.4 Å². The van der Waals surface area contributed by atoms with Crippen molar-refractivity contribution in [3.05, 3.63) is 53.2 Å². The molecule has 2 aromatic carbocycles. The van der Waals surface area contributed by atoms with Gasteiger partial charge in [-0.1, -0.05) is 34.3 Å². The molecular formula is C21H23ClN4O2S. The summed E-state index contributed by atoms with van der Waals surface area (Å²) >= 11 is 7.78. The molecule has 1 aromatic heterocycles. The number of benzene rings is 2. The molecule has 0 amide bonds. The molecule has 0 atom stereocenters. The van der Waals surface area contributed by atoms with E-state index in [1.54, 1.807) is 14.2 Å². The van der Waals surface area contributed by atoms with E-state index in [1.807, 2.05) is 42.5 Å². The van der Waals surface area contributed by atoms with Crippen LogP contribution in [0.15, 0.2) is 42.5 Å². The van der Waals surface area contributed by atoms with Crippen LogP contribution in [0.5, 0.6) is 11.5 Å². The van der Waals surface area contributed by atoms with Crippen LogP contribution in [0.2, 0.25) is 5.02 Å². The minimum atomic E-state index is 0.731. The molecule has 0 aliphatic carbocycles. The van der Waals surface area contributed by atoms with Crippen LogP contribution in [-0.4, -0.2) is 54.9 Å². The van der Waals surface area contributed by atoms with Gasteiger partial charge in [0.25, 0.3) is 0 Å². The molecule has 3 aromatic rings. The number of rotatable bonds is 6. The van der Waals surface area contributed by atoms with Crippen molar-refractivity contribution in [3.63, 3.8) is 0 Å². The van der Waals surface area contributed by atoms with E-state index in [2.05, 4.69) is 19.4 Å². The van der Waals surface area contributed by atoms with Crippen molar-refractivity contribution in [2.24, 2.45) is 0 Å². The highest BCUT2D eigenvalue weighted by molar-refractivity contribution is 7.09. The molecule has 0 radical (unpaired) electrons. The fourth-order valence-corrected chi connectivity index (χ4v) is 4.56. The van der Waals surface area contributed by atoms with Crippen molar-refractivity contribution in [2.75, 3.05) is 45.3 Å². The molecule has 2 heterocycles. The van der Waals surface area contributed by atoms with Crippen LogP contribution in [0.1, 0.15) is 5.69 Å². The fraction of sp³-hybridized carbons (Fsp3) is 0.333. The van der Waals surface area contributed by atoms with E-state index in [1.165, 1.54) is 11.5 Å². The first-order chi connectivity index (χ1) is 14.2. The van der Waals surface area contributed by atoms with Gasteiger partial charge in [-0.15, -0.1) is 5.10 Å². The second-order valence-electron chi connectivity index (χ2n) is 6.83. The zero-order valence-corrected chi connectivity index (χ0v) is 18.0. The molecule has 152 valence electrons. The number of anilines is 1. The fourth-order valence-electron chi connectivity index (χ4n) is 3.56. The lowest BCUT2D eigenvalue weighted by Crippen LogP contribution is -2.46. The zero-order chi connectivity index (χ0) is 20.2. The highest BCUT2D eigenvalue weighted by Crippen LogP contribution is 2.34. The molecule has 1 fully saturated rings. The number of halogens is 1. The highest BCUT2D eigenvalue weighted by atomic mass is 35.5. The molecule has 0 spiro atoms. The third-order valence-corrected chi connectivity index (χ3v) is 6.28. The van der Waals surface area contributed by atoms with Gasteiger partial charge in [-0.3, -0.25) is 4.90 Å². The summed E-state index contributed by atoms with van der Waals surface area (Å²) in [4.78, 5) is 5.79. The maximum Gasteiger partial charge on any atom is 0.142 e. The molecule has 8 heteroatoms. The first kappa shape index (κ1) is 19.9. The van der Waals surface area contributed by atoms with E-state index in [4.69, 9.17) is 21.1 Å². The van der Waals surface area contributed by atoms with E-state index in [-0.39, 0.29) is 0 Å². The first-order valence-electron chi connectivity index (χ1n) is 9.45. The Bertz CT molecular complexity index is 973. The van der Waals surface area contributed by atoms with Crippen LogP contribution in [0, 0.1) is 0 Å². The molecule has 0 N–H and O–H groups in total. The predicted molar refractivity (Wildman–Crippen MR) is 117 cm³/mol. The summed E-state index contributed by atoms with van der Waals surface area (Å²) in [7, 11) is 3.38. The van der Waals surface area contributed by atoms with Crippen LogP contribution in [-0.2, 0) is 6.54 Å². The van der Waals surface area contributed by atoms with E-state index in [9.17, 15) is 0 Å². The number of aromatic nitrogens is 2. The summed E-state index contributed by atoms with van der Waals surface area (Å²) in [5.74, 6) is 1.70. The number of hydrogen-bond donors (Lipinski definition) is 0. The Labute approximate surface area is 179 Å². The molecule has 0 saturated carbocycles. The lowest BCUT2D eigenvalue weighted by atomic mass is 10.1. The van der Waals surface area contributed by atoms with Crippen molar-refractivity contribution >= 4 is 28.8 Å². The molecule has 1 aliphatic heterocycles. The monoisotopic (exact) mass is 430 g/mol. The number of hydrogen-bond acceptors (Lipinski definition) is 7. The largest absolute Gasteiger partial charge is 0.497 e. The number of ether oxygens (including phenoxy) is 2. The number of nitrogens with zero attached hydrogens (tertiary/aromatic N) is 4. The average Bonchev–Trinajstić information content (AvgIpc) is 3.22. The number of piperazine rings is 1. The second-order valence-corrected chi connectivity index (χ2v) is 7.99. The summed E-state index contributed by atoms with van der Waals surface area (Å²) in [5, 5.41) is 5.10. The van der Waals surface area contributed by atoms with Crippen molar-refractivity contribution in [1.82, 2.24) is 14.5 Å². The molecule has 1 aliphatic rings. The first-order valence-corrected chi connectivity index (χ1v) is 10.6. The molecule has 29 heavy (non-hydrogen) atoms. The van der Waals surface area contributed by atoms with Crippen LogP contribution in [0.25, 0.3) is 10.4 Å². The van der Waals surface area contributed by atoms with E-state index in [0.29, 0.717) is 0 Å². The Hall–Kier alpha value is -2.35. The summed E-state index contributed by atoms with van der Waals surface area (Å²) in [6.45, 7) is 4.44. The minimum Gasteiger partial charge on any atom is -0.497 e. The van der Waals surface area contributed by atoms with Crippen molar-refractivity contribution < 1.29 is 9.47 Å². The van der Waals surface area contributed by atoms with Gasteiger partial charge in [-0.05, 0) is 29.7 Å². The van der Waals surface area contributed by atoms with Crippen molar-refractivity contribution in [3.8, 4) is 21.9 Å². The lowest BCUT2D eigenvalue weighted by molar-refractivity contribution is 0.246. The third-order valence-electron chi connectivity index (χ3n) is 5.15. The van der Waals surface area contributed by atoms with E-state index >= 15 is 0 Å². The smallest absolute Gasteiger partial charge is 0.142 e.